The number of amides is 1. The van der Waals surface area contributed by atoms with Crippen molar-refractivity contribution in [2.45, 2.75) is 26.2 Å². The Kier molecular flexibility index (Phi) is 5.83. The molecule has 1 aromatic carbocycles. The summed E-state index contributed by atoms with van der Waals surface area (Å²) in [4.78, 5) is 16.2. The van der Waals surface area contributed by atoms with Crippen LogP contribution in [-0.2, 0) is 4.79 Å². The lowest BCUT2D eigenvalue weighted by molar-refractivity contribution is -0.127. The van der Waals surface area contributed by atoms with Gasteiger partial charge in [0.05, 0.1) is 13.1 Å². The van der Waals surface area contributed by atoms with Crippen molar-refractivity contribution in [2.75, 3.05) is 32.7 Å². The lowest BCUT2D eigenvalue weighted by atomic mass is 9.99. The summed E-state index contributed by atoms with van der Waals surface area (Å²) in [7, 11) is 0. The lowest BCUT2D eigenvalue weighted by Gasteiger charge is -2.14. The summed E-state index contributed by atoms with van der Waals surface area (Å²) in [5.41, 5.74) is 1.25. The molecule has 3 nitrogen and oxygen atoms in total. The van der Waals surface area contributed by atoms with E-state index in [1.807, 2.05) is 23.1 Å². The first-order valence-electron chi connectivity index (χ1n) is 7.75. The topological polar surface area (TPSA) is 23.6 Å². The highest BCUT2D eigenvalue weighted by atomic mass is 16.2. The Morgan fingerprint density at radius 2 is 1.90 bits per heavy atom. The molecule has 1 heterocycles. The third kappa shape index (κ3) is 4.34. The van der Waals surface area contributed by atoms with Crippen LogP contribution in [-0.4, -0.2) is 48.4 Å². The van der Waals surface area contributed by atoms with E-state index in [1.54, 1.807) is 0 Å². The molecule has 1 fully saturated rings. The molecular weight excluding hydrogens is 260 g/mol. The molecule has 1 amide bonds. The zero-order chi connectivity index (χ0) is 15.1. The highest BCUT2D eigenvalue weighted by Gasteiger charge is 2.29. The molecule has 3 heteroatoms. The molecule has 21 heavy (non-hydrogen) atoms. The van der Waals surface area contributed by atoms with Gasteiger partial charge in [-0.25, -0.2) is 0 Å². The monoisotopic (exact) mass is 284 g/mol. The summed E-state index contributed by atoms with van der Waals surface area (Å²) in [5, 5.41) is 0. The Labute approximate surface area is 127 Å². The first kappa shape index (κ1) is 15.6. The normalized spacial score (nSPS) is 18.0. The predicted molar refractivity (Wildman–Crippen MR) is 85.9 cm³/mol. The summed E-state index contributed by atoms with van der Waals surface area (Å²) in [6.07, 6.45) is 0.613. The second-order valence-electron chi connectivity index (χ2n) is 5.40. The van der Waals surface area contributed by atoms with Gasteiger partial charge < -0.3 is 4.90 Å². The van der Waals surface area contributed by atoms with Crippen molar-refractivity contribution in [1.29, 1.82) is 0 Å². The van der Waals surface area contributed by atoms with Gasteiger partial charge in [-0.1, -0.05) is 56.0 Å². The fourth-order valence-electron chi connectivity index (χ4n) is 2.64. The molecular formula is C18H24N2O. The van der Waals surface area contributed by atoms with E-state index in [-0.39, 0.29) is 5.91 Å². The molecule has 0 radical (unpaired) electrons. The number of carbonyl (C=O) groups is 1. The minimum Gasteiger partial charge on any atom is -0.331 e. The Morgan fingerprint density at radius 3 is 2.57 bits per heavy atom. The number of rotatable bonds is 5. The Balaban J connectivity index is 1.85. The maximum Gasteiger partial charge on any atom is 0.224 e. The largest absolute Gasteiger partial charge is 0.331 e. The lowest BCUT2D eigenvalue weighted by Crippen LogP contribution is -2.26. The van der Waals surface area contributed by atoms with Crippen LogP contribution >= 0.6 is 0 Å². The molecule has 1 aliphatic rings. The highest BCUT2D eigenvalue weighted by Crippen LogP contribution is 2.27. The third-order valence-electron chi connectivity index (χ3n) is 4.08. The maximum atomic E-state index is 12.0. The van der Waals surface area contributed by atoms with E-state index in [4.69, 9.17) is 0 Å². The van der Waals surface area contributed by atoms with Crippen molar-refractivity contribution in [3.05, 3.63) is 35.9 Å². The van der Waals surface area contributed by atoms with Crippen molar-refractivity contribution in [3.63, 3.8) is 0 Å². The van der Waals surface area contributed by atoms with Gasteiger partial charge in [-0.3, -0.25) is 9.69 Å². The molecule has 1 atom stereocenters. The summed E-state index contributed by atoms with van der Waals surface area (Å²) in [6, 6.07) is 10.3. The van der Waals surface area contributed by atoms with Crippen LogP contribution in [0.15, 0.2) is 30.3 Å². The fourth-order valence-corrected chi connectivity index (χ4v) is 2.64. The molecule has 0 aliphatic carbocycles. The zero-order valence-electron chi connectivity index (χ0n) is 13.0. The number of hydrogen-bond donors (Lipinski definition) is 0. The average Bonchev–Trinajstić information content (AvgIpc) is 2.89. The van der Waals surface area contributed by atoms with Gasteiger partial charge in [-0.05, 0) is 18.7 Å². The van der Waals surface area contributed by atoms with Gasteiger partial charge in [-0.15, -0.1) is 0 Å². The Morgan fingerprint density at radius 1 is 1.19 bits per heavy atom. The number of benzene rings is 1. The van der Waals surface area contributed by atoms with Gasteiger partial charge in [-0.2, -0.15) is 0 Å². The van der Waals surface area contributed by atoms with Gasteiger partial charge in [0.25, 0.3) is 0 Å². The van der Waals surface area contributed by atoms with Crippen LogP contribution in [0.3, 0.4) is 0 Å². The van der Waals surface area contributed by atoms with Gasteiger partial charge in [0, 0.05) is 18.9 Å². The molecule has 1 saturated heterocycles. The van der Waals surface area contributed by atoms with E-state index in [2.05, 4.69) is 42.7 Å². The van der Waals surface area contributed by atoms with Gasteiger partial charge in [0.2, 0.25) is 5.91 Å². The second kappa shape index (κ2) is 7.85. The van der Waals surface area contributed by atoms with Crippen molar-refractivity contribution in [1.82, 2.24) is 9.80 Å². The minimum absolute atomic E-state index is 0.223. The second-order valence-corrected chi connectivity index (χ2v) is 5.40. The molecule has 112 valence electrons. The third-order valence-corrected chi connectivity index (χ3v) is 4.08. The molecule has 1 aromatic rings. The Hall–Kier alpha value is -1.79. The summed E-state index contributed by atoms with van der Waals surface area (Å²) >= 11 is 0. The predicted octanol–water partition coefficient (Wildman–Crippen LogP) is 2.35. The molecule has 2 rings (SSSR count). The molecule has 0 spiro atoms. The van der Waals surface area contributed by atoms with Crippen LogP contribution in [0, 0.1) is 11.8 Å². The van der Waals surface area contributed by atoms with Gasteiger partial charge in [0.15, 0.2) is 0 Å². The molecule has 0 aromatic heterocycles. The van der Waals surface area contributed by atoms with Crippen LogP contribution in [0.2, 0.25) is 0 Å². The molecule has 0 bridgehead atoms. The van der Waals surface area contributed by atoms with Gasteiger partial charge >= 0.3 is 0 Å². The van der Waals surface area contributed by atoms with E-state index in [0.29, 0.717) is 18.9 Å². The van der Waals surface area contributed by atoms with E-state index in [0.717, 1.165) is 26.2 Å². The van der Waals surface area contributed by atoms with Crippen molar-refractivity contribution in [3.8, 4) is 11.8 Å². The zero-order valence-corrected chi connectivity index (χ0v) is 13.0. The van der Waals surface area contributed by atoms with Crippen molar-refractivity contribution in [2.24, 2.45) is 0 Å². The van der Waals surface area contributed by atoms with E-state index in [9.17, 15) is 4.79 Å². The van der Waals surface area contributed by atoms with Crippen molar-refractivity contribution >= 4 is 5.91 Å². The first-order chi connectivity index (χ1) is 10.2. The maximum absolute atomic E-state index is 12.0. The van der Waals surface area contributed by atoms with E-state index in [1.165, 1.54) is 5.56 Å². The quantitative estimate of drug-likeness (QED) is 0.775. The minimum atomic E-state index is 0.223. The van der Waals surface area contributed by atoms with Crippen LogP contribution in [0.4, 0.5) is 0 Å². The number of likely N-dealkylation sites (tertiary alicyclic amines) is 1. The number of carbonyl (C=O) groups excluding carboxylic acids is 1. The smallest absolute Gasteiger partial charge is 0.224 e. The SMILES string of the molecule is CCN(CC)CC#CCN1C[C@H](c2ccccc2)CC1=O. The van der Waals surface area contributed by atoms with Gasteiger partial charge in [0.1, 0.15) is 0 Å². The van der Waals surface area contributed by atoms with Crippen LogP contribution in [0.1, 0.15) is 31.7 Å². The first-order valence-corrected chi connectivity index (χ1v) is 7.75. The standard InChI is InChI=1S/C18H24N2O/c1-3-19(4-2)12-8-9-13-20-15-17(14-18(20)21)16-10-6-5-7-11-16/h5-7,10-11,17H,3-4,12-15H2,1-2H3/t17-/m1/s1. The summed E-state index contributed by atoms with van der Waals surface area (Å²) in [5.74, 6) is 6.86. The van der Waals surface area contributed by atoms with Crippen LogP contribution in [0.5, 0.6) is 0 Å². The number of nitrogens with zero attached hydrogens (tertiary/aromatic N) is 2. The van der Waals surface area contributed by atoms with Crippen LogP contribution < -0.4 is 0 Å². The number of hydrogen-bond acceptors (Lipinski definition) is 2. The average molecular weight is 284 g/mol. The highest BCUT2D eigenvalue weighted by molar-refractivity contribution is 5.80. The molecule has 0 N–H and O–H groups in total. The molecule has 0 unspecified atom stereocenters. The van der Waals surface area contributed by atoms with E-state index >= 15 is 0 Å². The van der Waals surface area contributed by atoms with Crippen molar-refractivity contribution < 1.29 is 4.79 Å². The fraction of sp³-hybridized carbons (Fsp3) is 0.500. The van der Waals surface area contributed by atoms with Crippen LogP contribution in [0.25, 0.3) is 0 Å². The van der Waals surface area contributed by atoms with E-state index < -0.39 is 0 Å². The Bertz CT molecular complexity index is 511. The summed E-state index contributed by atoms with van der Waals surface area (Å²) in [6.45, 7) is 8.45. The summed E-state index contributed by atoms with van der Waals surface area (Å²) < 4.78 is 0. The molecule has 1 aliphatic heterocycles. The molecule has 0 saturated carbocycles.